The molecule has 126 valence electrons. The van der Waals surface area contributed by atoms with Crippen molar-refractivity contribution in [2.24, 2.45) is 5.92 Å². The van der Waals surface area contributed by atoms with Crippen LogP contribution in [-0.4, -0.2) is 36.9 Å². The van der Waals surface area contributed by atoms with Crippen molar-refractivity contribution in [3.63, 3.8) is 0 Å². The minimum absolute atomic E-state index is 0.201. The Morgan fingerprint density at radius 3 is 2.58 bits per heavy atom. The summed E-state index contributed by atoms with van der Waals surface area (Å²) >= 11 is 0. The Bertz CT molecular complexity index is 833. The van der Waals surface area contributed by atoms with E-state index in [1.165, 1.54) is 4.31 Å². The Balaban J connectivity index is 1.70. The molecule has 0 saturated carbocycles. The van der Waals surface area contributed by atoms with Crippen molar-refractivity contribution in [3.05, 3.63) is 65.7 Å². The zero-order chi connectivity index (χ0) is 17.2. The lowest BCUT2D eigenvalue weighted by Crippen LogP contribution is -2.29. The fourth-order valence-corrected chi connectivity index (χ4v) is 4.64. The molecular formula is C18H19NO4S. The molecule has 1 N–H and O–H groups in total. The Hall–Kier alpha value is -2.18. The maximum absolute atomic E-state index is 12.6. The summed E-state index contributed by atoms with van der Waals surface area (Å²) in [7, 11) is -3.45. The van der Waals surface area contributed by atoms with E-state index in [4.69, 9.17) is 5.11 Å². The average molecular weight is 345 g/mol. The van der Waals surface area contributed by atoms with E-state index < -0.39 is 16.0 Å². The van der Waals surface area contributed by atoms with Crippen LogP contribution in [-0.2, 0) is 16.4 Å². The van der Waals surface area contributed by atoms with Crippen LogP contribution in [0.15, 0.2) is 59.5 Å². The monoisotopic (exact) mass is 345 g/mol. The second kappa shape index (κ2) is 6.75. The zero-order valence-electron chi connectivity index (χ0n) is 13.1. The van der Waals surface area contributed by atoms with E-state index in [1.54, 1.807) is 48.5 Å². The first-order valence-corrected chi connectivity index (χ1v) is 9.28. The molecule has 2 aromatic carbocycles. The molecule has 0 bridgehead atoms. The van der Waals surface area contributed by atoms with Gasteiger partial charge in [-0.3, -0.25) is 0 Å². The molecule has 1 aliphatic rings. The van der Waals surface area contributed by atoms with E-state index in [0.717, 1.165) is 12.0 Å². The molecule has 2 aromatic rings. The van der Waals surface area contributed by atoms with Crippen LogP contribution in [0.2, 0.25) is 0 Å². The summed E-state index contributed by atoms with van der Waals surface area (Å²) in [5, 5.41) is 9.06. The van der Waals surface area contributed by atoms with Crippen LogP contribution in [0.1, 0.15) is 22.3 Å². The SMILES string of the molecule is O=C(O)c1cccc(CC2CCN(S(=O)(=O)c3ccccc3)C2)c1. The van der Waals surface area contributed by atoms with Gasteiger partial charge in [0.1, 0.15) is 0 Å². The Morgan fingerprint density at radius 1 is 1.12 bits per heavy atom. The quantitative estimate of drug-likeness (QED) is 0.904. The van der Waals surface area contributed by atoms with Gasteiger partial charge in [0.2, 0.25) is 10.0 Å². The zero-order valence-corrected chi connectivity index (χ0v) is 13.9. The predicted octanol–water partition coefficient (Wildman–Crippen LogP) is 2.64. The number of rotatable bonds is 5. The first-order chi connectivity index (χ1) is 11.5. The molecule has 1 unspecified atom stereocenters. The number of hydrogen-bond acceptors (Lipinski definition) is 3. The third kappa shape index (κ3) is 3.49. The van der Waals surface area contributed by atoms with Gasteiger partial charge in [0.15, 0.2) is 0 Å². The van der Waals surface area contributed by atoms with Crippen molar-refractivity contribution in [2.45, 2.75) is 17.7 Å². The van der Waals surface area contributed by atoms with Gasteiger partial charge in [0, 0.05) is 13.1 Å². The van der Waals surface area contributed by atoms with Gasteiger partial charge < -0.3 is 5.11 Å². The predicted molar refractivity (Wildman–Crippen MR) is 90.4 cm³/mol. The van der Waals surface area contributed by atoms with Crippen molar-refractivity contribution in [2.75, 3.05) is 13.1 Å². The largest absolute Gasteiger partial charge is 0.478 e. The lowest BCUT2D eigenvalue weighted by atomic mass is 9.97. The molecule has 6 heteroatoms. The van der Waals surface area contributed by atoms with Gasteiger partial charge in [0.25, 0.3) is 0 Å². The third-order valence-corrected chi connectivity index (χ3v) is 6.21. The molecule has 1 heterocycles. The molecule has 0 aliphatic carbocycles. The molecule has 0 amide bonds. The molecule has 1 fully saturated rings. The normalized spacial score (nSPS) is 18.6. The van der Waals surface area contributed by atoms with Gasteiger partial charge in [0.05, 0.1) is 10.5 Å². The number of carboxylic acid groups (broad SMARTS) is 1. The van der Waals surface area contributed by atoms with Crippen molar-refractivity contribution >= 4 is 16.0 Å². The topological polar surface area (TPSA) is 74.7 Å². The van der Waals surface area contributed by atoms with Crippen LogP contribution in [0.25, 0.3) is 0 Å². The molecule has 1 saturated heterocycles. The highest BCUT2D eigenvalue weighted by Gasteiger charge is 2.32. The molecule has 0 spiro atoms. The molecule has 1 aliphatic heterocycles. The van der Waals surface area contributed by atoms with Crippen molar-refractivity contribution < 1.29 is 18.3 Å². The van der Waals surface area contributed by atoms with Crippen LogP contribution in [0.5, 0.6) is 0 Å². The maximum Gasteiger partial charge on any atom is 0.335 e. The van der Waals surface area contributed by atoms with E-state index in [2.05, 4.69) is 0 Å². The second-order valence-electron chi connectivity index (χ2n) is 6.04. The third-order valence-electron chi connectivity index (χ3n) is 4.33. The highest BCUT2D eigenvalue weighted by Crippen LogP contribution is 2.26. The fraction of sp³-hybridized carbons (Fsp3) is 0.278. The number of sulfonamides is 1. The van der Waals surface area contributed by atoms with Crippen molar-refractivity contribution in [1.29, 1.82) is 0 Å². The Kier molecular flexibility index (Phi) is 4.69. The van der Waals surface area contributed by atoms with E-state index in [1.807, 2.05) is 6.07 Å². The Morgan fingerprint density at radius 2 is 1.88 bits per heavy atom. The van der Waals surface area contributed by atoms with Crippen LogP contribution >= 0.6 is 0 Å². The first-order valence-electron chi connectivity index (χ1n) is 7.84. The van der Waals surface area contributed by atoms with Gasteiger partial charge >= 0.3 is 5.97 Å². The maximum atomic E-state index is 12.6. The molecule has 24 heavy (non-hydrogen) atoms. The van der Waals surface area contributed by atoms with Gasteiger partial charge in [-0.1, -0.05) is 30.3 Å². The standard InChI is InChI=1S/C18H19NO4S/c20-18(21)16-6-4-5-14(12-16)11-15-9-10-19(13-15)24(22,23)17-7-2-1-3-8-17/h1-8,12,15H,9-11,13H2,(H,20,21). The average Bonchev–Trinajstić information content (AvgIpc) is 3.05. The van der Waals surface area contributed by atoms with Gasteiger partial charge in [-0.05, 0) is 48.6 Å². The Labute approximate surface area is 141 Å². The van der Waals surface area contributed by atoms with E-state index >= 15 is 0 Å². The van der Waals surface area contributed by atoms with Crippen LogP contribution in [0.3, 0.4) is 0 Å². The lowest BCUT2D eigenvalue weighted by Gasteiger charge is -2.16. The van der Waals surface area contributed by atoms with E-state index in [0.29, 0.717) is 24.4 Å². The second-order valence-corrected chi connectivity index (χ2v) is 7.98. The molecular weight excluding hydrogens is 326 g/mol. The molecule has 5 nitrogen and oxygen atoms in total. The molecule has 0 aromatic heterocycles. The summed E-state index contributed by atoms with van der Waals surface area (Å²) in [6, 6.07) is 15.3. The van der Waals surface area contributed by atoms with Crippen molar-refractivity contribution in [1.82, 2.24) is 4.31 Å². The van der Waals surface area contributed by atoms with Gasteiger partial charge in [-0.15, -0.1) is 0 Å². The highest BCUT2D eigenvalue weighted by atomic mass is 32.2. The summed E-state index contributed by atoms with van der Waals surface area (Å²) in [6.45, 7) is 0.967. The number of hydrogen-bond donors (Lipinski definition) is 1. The minimum Gasteiger partial charge on any atom is -0.478 e. The number of nitrogens with zero attached hydrogens (tertiary/aromatic N) is 1. The summed E-state index contributed by atoms with van der Waals surface area (Å²) in [5.41, 5.74) is 1.19. The summed E-state index contributed by atoms with van der Waals surface area (Å²) < 4.78 is 26.8. The summed E-state index contributed by atoms with van der Waals surface area (Å²) in [6.07, 6.45) is 1.46. The van der Waals surface area contributed by atoms with Crippen LogP contribution in [0, 0.1) is 5.92 Å². The van der Waals surface area contributed by atoms with E-state index in [-0.39, 0.29) is 11.5 Å². The number of aromatic carboxylic acids is 1. The molecule has 3 rings (SSSR count). The number of benzene rings is 2. The summed E-state index contributed by atoms with van der Waals surface area (Å²) in [4.78, 5) is 11.4. The number of carboxylic acids is 1. The molecule has 0 radical (unpaired) electrons. The highest BCUT2D eigenvalue weighted by molar-refractivity contribution is 7.89. The van der Waals surface area contributed by atoms with Gasteiger partial charge in [-0.25, -0.2) is 13.2 Å². The van der Waals surface area contributed by atoms with Gasteiger partial charge in [-0.2, -0.15) is 4.31 Å². The van der Waals surface area contributed by atoms with Crippen molar-refractivity contribution in [3.8, 4) is 0 Å². The molecule has 1 atom stereocenters. The minimum atomic E-state index is -3.45. The summed E-state index contributed by atoms with van der Waals surface area (Å²) in [5.74, 6) is -0.746. The first kappa shape index (κ1) is 16.7. The van der Waals surface area contributed by atoms with Crippen LogP contribution < -0.4 is 0 Å². The smallest absolute Gasteiger partial charge is 0.335 e. The number of carbonyl (C=O) groups is 1. The van der Waals surface area contributed by atoms with Crippen LogP contribution in [0.4, 0.5) is 0 Å². The lowest BCUT2D eigenvalue weighted by molar-refractivity contribution is 0.0696. The van der Waals surface area contributed by atoms with E-state index in [9.17, 15) is 13.2 Å². The fourth-order valence-electron chi connectivity index (χ4n) is 3.09.